The van der Waals surface area contributed by atoms with E-state index in [0.29, 0.717) is 11.3 Å². The highest BCUT2D eigenvalue weighted by Gasteiger charge is 2.16. The number of nitrogens with zero attached hydrogens (tertiary/aromatic N) is 3. The molecule has 106 valence electrons. The van der Waals surface area contributed by atoms with E-state index in [1.807, 2.05) is 43.3 Å². The van der Waals surface area contributed by atoms with Crippen LogP contribution in [-0.4, -0.2) is 29.2 Å². The van der Waals surface area contributed by atoms with Crippen molar-refractivity contribution >= 4 is 16.7 Å². The molecule has 0 spiro atoms. The zero-order chi connectivity index (χ0) is 15.0. The maximum absolute atomic E-state index is 14.0. The first-order chi connectivity index (χ1) is 10.1. The van der Waals surface area contributed by atoms with Crippen molar-refractivity contribution in [3.8, 4) is 17.1 Å². The van der Waals surface area contributed by atoms with Gasteiger partial charge in [-0.2, -0.15) is 0 Å². The summed E-state index contributed by atoms with van der Waals surface area (Å²) in [6, 6.07) is 11.7. The fraction of sp³-hybridized carbons (Fsp3) is 0.125. The van der Waals surface area contributed by atoms with Gasteiger partial charge in [0.1, 0.15) is 17.4 Å². The van der Waals surface area contributed by atoms with Crippen LogP contribution >= 0.6 is 0 Å². The summed E-state index contributed by atoms with van der Waals surface area (Å²) in [5, 5.41) is 10.8. The molecule has 1 N–H and O–H groups in total. The summed E-state index contributed by atoms with van der Waals surface area (Å²) in [6.45, 7) is 0. The van der Waals surface area contributed by atoms with Crippen LogP contribution in [0.25, 0.3) is 22.3 Å². The summed E-state index contributed by atoms with van der Waals surface area (Å²) >= 11 is 0. The van der Waals surface area contributed by atoms with Crippen molar-refractivity contribution in [2.24, 2.45) is 0 Å². The highest BCUT2D eigenvalue weighted by molar-refractivity contribution is 5.91. The zero-order valence-electron chi connectivity index (χ0n) is 11.7. The molecule has 5 heteroatoms. The third-order valence-electron chi connectivity index (χ3n) is 3.22. The molecular weight excluding hydrogens is 269 g/mol. The minimum atomic E-state index is -0.546. The van der Waals surface area contributed by atoms with Crippen LogP contribution in [0.15, 0.2) is 42.5 Å². The lowest BCUT2D eigenvalue weighted by Crippen LogP contribution is -2.12. The normalized spacial score (nSPS) is 10.8. The lowest BCUT2D eigenvalue weighted by molar-refractivity contribution is 0.471. The molecule has 0 radical (unpaired) electrons. The Morgan fingerprint density at radius 3 is 2.48 bits per heavy atom. The van der Waals surface area contributed by atoms with E-state index in [2.05, 4.69) is 9.97 Å². The molecule has 3 rings (SSSR count). The Labute approximate surface area is 121 Å². The van der Waals surface area contributed by atoms with Gasteiger partial charge in [-0.1, -0.05) is 18.2 Å². The molecule has 4 nitrogen and oxygen atoms in total. The van der Waals surface area contributed by atoms with Gasteiger partial charge in [-0.3, -0.25) is 0 Å². The molecule has 0 fully saturated rings. The van der Waals surface area contributed by atoms with Crippen molar-refractivity contribution in [3.05, 3.63) is 48.3 Å². The van der Waals surface area contributed by atoms with Crippen molar-refractivity contribution < 1.29 is 9.50 Å². The summed E-state index contributed by atoms with van der Waals surface area (Å²) in [5.41, 5.74) is 0.722. The van der Waals surface area contributed by atoms with E-state index in [-0.39, 0.29) is 17.1 Å². The van der Waals surface area contributed by atoms with Crippen molar-refractivity contribution in [2.75, 3.05) is 19.0 Å². The zero-order valence-corrected chi connectivity index (χ0v) is 11.7. The Hall–Kier alpha value is -2.69. The van der Waals surface area contributed by atoms with Crippen LogP contribution < -0.4 is 4.90 Å². The molecule has 0 bridgehead atoms. The van der Waals surface area contributed by atoms with Crippen molar-refractivity contribution in [2.45, 2.75) is 0 Å². The number of halogens is 1. The lowest BCUT2D eigenvalue weighted by atomic mass is 10.1. The quantitative estimate of drug-likeness (QED) is 0.784. The second kappa shape index (κ2) is 5.01. The van der Waals surface area contributed by atoms with E-state index in [0.717, 1.165) is 5.39 Å². The second-order valence-corrected chi connectivity index (χ2v) is 4.92. The number of anilines is 1. The van der Waals surface area contributed by atoms with Crippen LogP contribution in [-0.2, 0) is 0 Å². The number of hydrogen-bond acceptors (Lipinski definition) is 4. The highest BCUT2D eigenvalue weighted by atomic mass is 19.1. The molecule has 21 heavy (non-hydrogen) atoms. The summed E-state index contributed by atoms with van der Waals surface area (Å²) in [6.07, 6.45) is 0. The molecule has 0 atom stereocenters. The Morgan fingerprint density at radius 2 is 1.76 bits per heavy atom. The summed E-state index contributed by atoms with van der Waals surface area (Å²) < 4.78 is 14.0. The minimum Gasteiger partial charge on any atom is -0.507 e. The van der Waals surface area contributed by atoms with E-state index in [1.165, 1.54) is 18.2 Å². The van der Waals surface area contributed by atoms with E-state index in [4.69, 9.17) is 0 Å². The molecule has 2 aromatic carbocycles. The van der Waals surface area contributed by atoms with Gasteiger partial charge in [-0.15, -0.1) is 0 Å². The number of rotatable bonds is 2. The Morgan fingerprint density at radius 1 is 1.00 bits per heavy atom. The Bertz CT molecular complexity index is 797. The van der Waals surface area contributed by atoms with Gasteiger partial charge in [-0.05, 0) is 24.3 Å². The van der Waals surface area contributed by atoms with Crippen LogP contribution in [0.2, 0.25) is 0 Å². The SMILES string of the molecule is CN(C)c1nc(-c2c(O)cccc2F)nc2ccccc12. The molecule has 0 aliphatic heterocycles. The fourth-order valence-electron chi connectivity index (χ4n) is 2.25. The summed E-state index contributed by atoms with van der Waals surface area (Å²) in [4.78, 5) is 10.6. The molecule has 0 aliphatic rings. The highest BCUT2D eigenvalue weighted by Crippen LogP contribution is 2.32. The molecule has 0 amide bonds. The monoisotopic (exact) mass is 283 g/mol. The smallest absolute Gasteiger partial charge is 0.168 e. The maximum atomic E-state index is 14.0. The van der Waals surface area contributed by atoms with Crippen molar-refractivity contribution in [3.63, 3.8) is 0 Å². The number of fused-ring (bicyclic) bond motifs is 1. The van der Waals surface area contributed by atoms with Gasteiger partial charge in [0.25, 0.3) is 0 Å². The lowest BCUT2D eigenvalue weighted by Gasteiger charge is -2.15. The molecule has 3 aromatic rings. The third-order valence-corrected chi connectivity index (χ3v) is 3.22. The first kappa shape index (κ1) is 13.3. The number of para-hydroxylation sites is 1. The molecule has 0 aliphatic carbocycles. The number of aromatic nitrogens is 2. The van der Waals surface area contributed by atoms with E-state index < -0.39 is 5.82 Å². The first-order valence-electron chi connectivity index (χ1n) is 6.50. The van der Waals surface area contributed by atoms with Gasteiger partial charge >= 0.3 is 0 Å². The predicted octanol–water partition coefficient (Wildman–Crippen LogP) is 3.21. The van der Waals surface area contributed by atoms with Crippen molar-refractivity contribution in [1.82, 2.24) is 9.97 Å². The Kier molecular flexibility index (Phi) is 3.17. The number of aromatic hydroxyl groups is 1. The first-order valence-corrected chi connectivity index (χ1v) is 6.50. The largest absolute Gasteiger partial charge is 0.507 e. The number of benzene rings is 2. The summed E-state index contributed by atoms with van der Waals surface area (Å²) in [7, 11) is 3.72. The average Bonchev–Trinajstić information content (AvgIpc) is 2.46. The van der Waals surface area contributed by atoms with E-state index in [9.17, 15) is 9.50 Å². The van der Waals surface area contributed by atoms with Gasteiger partial charge in [-0.25, -0.2) is 14.4 Å². The van der Waals surface area contributed by atoms with Crippen LogP contribution in [0.4, 0.5) is 10.2 Å². The van der Waals surface area contributed by atoms with Crippen LogP contribution in [0, 0.1) is 5.82 Å². The van der Waals surface area contributed by atoms with Crippen molar-refractivity contribution in [1.29, 1.82) is 0 Å². The predicted molar refractivity (Wildman–Crippen MR) is 80.9 cm³/mol. The molecular formula is C16H14FN3O. The maximum Gasteiger partial charge on any atom is 0.168 e. The minimum absolute atomic E-state index is 0.0198. The van der Waals surface area contributed by atoms with Gasteiger partial charge < -0.3 is 10.0 Å². The van der Waals surface area contributed by atoms with Gasteiger partial charge in [0.2, 0.25) is 0 Å². The average molecular weight is 283 g/mol. The molecule has 0 unspecified atom stereocenters. The van der Waals surface area contributed by atoms with Crippen LogP contribution in [0.3, 0.4) is 0 Å². The number of hydrogen-bond donors (Lipinski definition) is 1. The fourth-order valence-corrected chi connectivity index (χ4v) is 2.25. The topological polar surface area (TPSA) is 49.2 Å². The van der Waals surface area contributed by atoms with Gasteiger partial charge in [0, 0.05) is 19.5 Å². The van der Waals surface area contributed by atoms with Gasteiger partial charge in [0.05, 0.1) is 11.1 Å². The molecule has 1 aromatic heterocycles. The van der Waals surface area contributed by atoms with Crippen LogP contribution in [0.5, 0.6) is 5.75 Å². The Balaban J connectivity index is 2.34. The molecule has 0 saturated carbocycles. The van der Waals surface area contributed by atoms with Crippen LogP contribution in [0.1, 0.15) is 0 Å². The third kappa shape index (κ3) is 2.27. The molecule has 0 saturated heterocycles. The standard InChI is InChI=1S/C16H14FN3O/c1-20(2)16-10-6-3-4-8-12(10)18-15(19-16)14-11(17)7-5-9-13(14)21/h3-9,21H,1-2H3. The van der Waals surface area contributed by atoms with E-state index in [1.54, 1.807) is 0 Å². The van der Waals surface area contributed by atoms with Gasteiger partial charge in [0.15, 0.2) is 5.82 Å². The molecule has 1 heterocycles. The summed E-state index contributed by atoms with van der Waals surface area (Å²) in [5.74, 6) is 0.135. The van der Waals surface area contributed by atoms with E-state index >= 15 is 0 Å². The number of phenols is 1. The number of phenolic OH excluding ortho intramolecular Hbond substituents is 1. The second-order valence-electron chi connectivity index (χ2n) is 4.92.